The first-order valence-electron chi connectivity index (χ1n) is 7.28. The standard InChI is InChI=1S/C17H23NO2S/c1-12(2)19-16-8-7-14(10-17(16)20-13(3)4)18-11-15-6-5-9-21-15/h5-10,12-13,18H,11H2,1-4H3. The molecule has 0 atom stereocenters. The fourth-order valence-electron chi connectivity index (χ4n) is 1.92. The van der Waals surface area contributed by atoms with Crippen molar-refractivity contribution in [2.75, 3.05) is 5.32 Å². The molecule has 114 valence electrons. The lowest BCUT2D eigenvalue weighted by Crippen LogP contribution is -2.11. The van der Waals surface area contributed by atoms with E-state index in [0.29, 0.717) is 0 Å². The Balaban J connectivity index is 2.11. The number of nitrogens with one attached hydrogen (secondary N) is 1. The highest BCUT2D eigenvalue weighted by Gasteiger charge is 2.10. The van der Waals surface area contributed by atoms with Crippen molar-refractivity contribution in [2.24, 2.45) is 0 Å². The smallest absolute Gasteiger partial charge is 0.163 e. The van der Waals surface area contributed by atoms with Crippen LogP contribution < -0.4 is 14.8 Å². The van der Waals surface area contributed by atoms with Crippen LogP contribution in [-0.2, 0) is 6.54 Å². The second kappa shape index (κ2) is 7.36. The van der Waals surface area contributed by atoms with Gasteiger partial charge in [-0.3, -0.25) is 0 Å². The van der Waals surface area contributed by atoms with E-state index < -0.39 is 0 Å². The molecule has 0 aliphatic rings. The minimum atomic E-state index is 0.118. The minimum Gasteiger partial charge on any atom is -0.487 e. The summed E-state index contributed by atoms with van der Waals surface area (Å²) in [7, 11) is 0. The molecule has 1 N–H and O–H groups in total. The average molecular weight is 305 g/mol. The highest BCUT2D eigenvalue weighted by atomic mass is 32.1. The number of benzene rings is 1. The summed E-state index contributed by atoms with van der Waals surface area (Å²) in [5.41, 5.74) is 1.04. The summed E-state index contributed by atoms with van der Waals surface area (Å²) in [5.74, 6) is 1.58. The molecule has 1 aromatic heterocycles. The highest BCUT2D eigenvalue weighted by molar-refractivity contribution is 7.09. The van der Waals surface area contributed by atoms with E-state index in [2.05, 4.69) is 22.8 Å². The molecular weight excluding hydrogens is 282 g/mol. The highest BCUT2D eigenvalue weighted by Crippen LogP contribution is 2.32. The number of hydrogen-bond donors (Lipinski definition) is 1. The lowest BCUT2D eigenvalue weighted by atomic mass is 10.2. The van der Waals surface area contributed by atoms with Gasteiger partial charge >= 0.3 is 0 Å². The summed E-state index contributed by atoms with van der Waals surface area (Å²) in [6, 6.07) is 10.2. The van der Waals surface area contributed by atoms with Gasteiger partial charge in [-0.05, 0) is 51.3 Å². The Bertz CT molecular complexity index is 550. The Labute approximate surface area is 130 Å². The summed E-state index contributed by atoms with van der Waals surface area (Å²) in [6.45, 7) is 8.89. The van der Waals surface area contributed by atoms with E-state index in [9.17, 15) is 0 Å². The number of ether oxygens (including phenoxy) is 2. The molecule has 0 saturated heterocycles. The van der Waals surface area contributed by atoms with Crippen LogP contribution in [0.25, 0.3) is 0 Å². The van der Waals surface area contributed by atoms with E-state index in [0.717, 1.165) is 23.7 Å². The maximum Gasteiger partial charge on any atom is 0.163 e. The molecule has 0 spiro atoms. The molecule has 4 heteroatoms. The summed E-state index contributed by atoms with van der Waals surface area (Å²) >= 11 is 1.75. The zero-order valence-corrected chi connectivity index (χ0v) is 13.9. The molecule has 0 unspecified atom stereocenters. The molecule has 1 aromatic carbocycles. The lowest BCUT2D eigenvalue weighted by molar-refractivity contribution is 0.199. The van der Waals surface area contributed by atoms with Gasteiger partial charge in [-0.25, -0.2) is 0 Å². The minimum absolute atomic E-state index is 0.118. The SMILES string of the molecule is CC(C)Oc1ccc(NCc2cccs2)cc1OC(C)C. The maximum absolute atomic E-state index is 5.86. The monoisotopic (exact) mass is 305 g/mol. The van der Waals surface area contributed by atoms with Crippen molar-refractivity contribution in [2.45, 2.75) is 46.4 Å². The van der Waals surface area contributed by atoms with Gasteiger partial charge in [0.25, 0.3) is 0 Å². The van der Waals surface area contributed by atoms with Crippen molar-refractivity contribution in [1.82, 2.24) is 0 Å². The molecular formula is C17H23NO2S. The van der Waals surface area contributed by atoms with Crippen LogP contribution >= 0.6 is 11.3 Å². The van der Waals surface area contributed by atoms with E-state index >= 15 is 0 Å². The zero-order chi connectivity index (χ0) is 15.2. The van der Waals surface area contributed by atoms with E-state index in [-0.39, 0.29) is 12.2 Å². The van der Waals surface area contributed by atoms with Gasteiger partial charge in [0.2, 0.25) is 0 Å². The van der Waals surface area contributed by atoms with Gasteiger partial charge in [-0.15, -0.1) is 11.3 Å². The Morgan fingerprint density at radius 3 is 2.33 bits per heavy atom. The molecule has 0 aliphatic carbocycles. The zero-order valence-electron chi connectivity index (χ0n) is 13.1. The second-order valence-electron chi connectivity index (χ2n) is 5.43. The number of hydrogen-bond acceptors (Lipinski definition) is 4. The van der Waals surface area contributed by atoms with Gasteiger partial charge in [-0.2, -0.15) is 0 Å². The first-order chi connectivity index (χ1) is 10.0. The first kappa shape index (κ1) is 15.7. The van der Waals surface area contributed by atoms with Crippen LogP contribution in [0.4, 0.5) is 5.69 Å². The summed E-state index contributed by atoms with van der Waals surface area (Å²) < 4.78 is 11.7. The van der Waals surface area contributed by atoms with Crippen LogP contribution in [-0.4, -0.2) is 12.2 Å². The average Bonchev–Trinajstić information content (AvgIpc) is 2.91. The number of thiophene rings is 1. The Morgan fingerprint density at radius 1 is 1.00 bits per heavy atom. The van der Waals surface area contributed by atoms with Gasteiger partial charge in [-0.1, -0.05) is 6.07 Å². The van der Waals surface area contributed by atoms with E-state index in [1.165, 1.54) is 4.88 Å². The third kappa shape index (κ3) is 4.97. The van der Waals surface area contributed by atoms with Gasteiger partial charge < -0.3 is 14.8 Å². The predicted octanol–water partition coefficient (Wildman–Crippen LogP) is 4.93. The Kier molecular flexibility index (Phi) is 5.51. The van der Waals surface area contributed by atoms with Crippen LogP contribution in [0.2, 0.25) is 0 Å². The Morgan fingerprint density at radius 2 is 1.71 bits per heavy atom. The van der Waals surface area contributed by atoms with Crippen LogP contribution in [0, 0.1) is 0 Å². The topological polar surface area (TPSA) is 30.5 Å². The molecule has 0 bridgehead atoms. The van der Waals surface area contributed by atoms with Gasteiger partial charge in [0.15, 0.2) is 11.5 Å². The van der Waals surface area contributed by atoms with Crippen molar-refractivity contribution in [3.8, 4) is 11.5 Å². The lowest BCUT2D eigenvalue weighted by Gasteiger charge is -2.18. The molecule has 2 aromatic rings. The van der Waals surface area contributed by atoms with Crippen LogP contribution in [0.3, 0.4) is 0 Å². The van der Waals surface area contributed by atoms with Gasteiger partial charge in [0.1, 0.15) is 0 Å². The van der Waals surface area contributed by atoms with Crippen molar-refractivity contribution < 1.29 is 9.47 Å². The fourth-order valence-corrected chi connectivity index (χ4v) is 2.56. The van der Waals surface area contributed by atoms with E-state index in [4.69, 9.17) is 9.47 Å². The van der Waals surface area contributed by atoms with Crippen molar-refractivity contribution >= 4 is 17.0 Å². The molecule has 0 saturated carbocycles. The quantitative estimate of drug-likeness (QED) is 0.786. The van der Waals surface area contributed by atoms with Crippen molar-refractivity contribution in [3.63, 3.8) is 0 Å². The molecule has 0 fully saturated rings. The van der Waals surface area contributed by atoms with Crippen molar-refractivity contribution in [1.29, 1.82) is 0 Å². The van der Waals surface area contributed by atoms with Gasteiger partial charge in [0.05, 0.1) is 12.2 Å². The fraction of sp³-hybridized carbons (Fsp3) is 0.412. The summed E-state index contributed by atoms with van der Waals surface area (Å²) in [4.78, 5) is 1.31. The van der Waals surface area contributed by atoms with Crippen molar-refractivity contribution in [3.05, 3.63) is 40.6 Å². The van der Waals surface area contributed by atoms with E-state index in [1.807, 2.05) is 45.9 Å². The third-order valence-corrected chi connectivity index (χ3v) is 3.59. The number of rotatable bonds is 7. The summed E-state index contributed by atoms with van der Waals surface area (Å²) in [5, 5.41) is 5.50. The normalized spacial score (nSPS) is 11.0. The van der Waals surface area contributed by atoms with Crippen LogP contribution in [0.15, 0.2) is 35.7 Å². The predicted molar refractivity (Wildman–Crippen MR) is 89.6 cm³/mol. The molecule has 2 rings (SSSR count). The molecule has 0 amide bonds. The summed E-state index contributed by atoms with van der Waals surface area (Å²) in [6.07, 6.45) is 0.247. The molecule has 0 radical (unpaired) electrons. The second-order valence-corrected chi connectivity index (χ2v) is 6.46. The number of anilines is 1. The Hall–Kier alpha value is -1.68. The largest absolute Gasteiger partial charge is 0.487 e. The molecule has 1 heterocycles. The first-order valence-corrected chi connectivity index (χ1v) is 8.16. The van der Waals surface area contributed by atoms with E-state index in [1.54, 1.807) is 11.3 Å². The third-order valence-electron chi connectivity index (χ3n) is 2.72. The molecule has 21 heavy (non-hydrogen) atoms. The van der Waals surface area contributed by atoms with Crippen LogP contribution in [0.1, 0.15) is 32.6 Å². The van der Waals surface area contributed by atoms with Crippen LogP contribution in [0.5, 0.6) is 11.5 Å². The molecule has 3 nitrogen and oxygen atoms in total. The van der Waals surface area contributed by atoms with Gasteiger partial charge in [0, 0.05) is 23.2 Å². The molecule has 0 aliphatic heterocycles. The maximum atomic E-state index is 5.86.